The van der Waals surface area contributed by atoms with Crippen molar-refractivity contribution in [3.63, 3.8) is 0 Å². The average molecular weight is 755 g/mol. The van der Waals surface area contributed by atoms with Crippen LogP contribution in [0.1, 0.15) is 121 Å². The maximum atomic E-state index is 11.6. The number of carbonyl (C=O) groups excluding carboxylic acids is 4. The van der Waals surface area contributed by atoms with Gasteiger partial charge in [0, 0.05) is 27.7 Å². The van der Waals surface area contributed by atoms with Gasteiger partial charge in [-0.1, -0.05) is 94.0 Å². The van der Waals surface area contributed by atoms with Crippen LogP contribution in [0.2, 0.25) is 0 Å². The van der Waals surface area contributed by atoms with E-state index in [-0.39, 0.29) is 46.7 Å². The van der Waals surface area contributed by atoms with Gasteiger partial charge in [0.2, 0.25) is 0 Å². The number of carboxylic acids is 1. The topological polar surface area (TPSA) is 142 Å². The summed E-state index contributed by atoms with van der Waals surface area (Å²) < 4.78 is 19.7. The lowest BCUT2D eigenvalue weighted by Gasteiger charge is -2.38. The normalized spacial score (nSPS) is 19.1. The number of ether oxygens (including phenoxy) is 4. The molecule has 2 saturated carbocycles. The number of carboxylic acid groups (broad SMARTS) is 1. The second kappa shape index (κ2) is 27.3. The molecule has 4 atom stereocenters. The van der Waals surface area contributed by atoms with E-state index in [0.717, 1.165) is 19.3 Å². The van der Waals surface area contributed by atoms with Gasteiger partial charge in [0.05, 0.1) is 26.1 Å². The van der Waals surface area contributed by atoms with Gasteiger partial charge in [-0.3, -0.25) is 4.79 Å². The van der Waals surface area contributed by atoms with Crippen LogP contribution in [0.15, 0.2) is 48.6 Å². The van der Waals surface area contributed by atoms with E-state index in [9.17, 15) is 24.0 Å². The van der Waals surface area contributed by atoms with E-state index in [1.54, 1.807) is 20.8 Å². The van der Waals surface area contributed by atoms with Gasteiger partial charge in [0.1, 0.15) is 6.10 Å². The quantitative estimate of drug-likeness (QED) is 0.0763. The first kappa shape index (κ1) is 53.0. The molecule has 2 aliphatic carbocycles. The summed E-state index contributed by atoms with van der Waals surface area (Å²) in [7, 11) is 1.33. The molecule has 300 valence electrons. The Morgan fingerprint density at radius 1 is 0.827 bits per heavy atom. The van der Waals surface area contributed by atoms with Gasteiger partial charge in [-0.05, 0) is 76.5 Å². The molecular formula is C41H70O10S. The number of methoxy groups -OCH3 is 1. The van der Waals surface area contributed by atoms with E-state index in [0.29, 0.717) is 53.1 Å². The third-order valence-corrected chi connectivity index (χ3v) is 9.52. The molecule has 2 fully saturated rings. The Morgan fingerprint density at radius 2 is 1.33 bits per heavy atom. The Kier molecular flexibility index (Phi) is 27.8. The molecule has 2 bridgehead atoms. The summed E-state index contributed by atoms with van der Waals surface area (Å²) >= 11 is 3.84. The number of carbonyl (C=O) groups is 5. The molecule has 1 N–H and O–H groups in total. The number of fused-ring (bicyclic) bond motifs is 2. The number of rotatable bonds is 14. The monoisotopic (exact) mass is 754 g/mol. The number of hydrogen-bond donors (Lipinski definition) is 2. The zero-order valence-corrected chi connectivity index (χ0v) is 35.2. The SMILES string of the molecule is C=C(C)C(=O)O.C=C(C)C(=O)OC.C=C(C)C(=O)OCC(C)C.C=C(C)C(=O)O[C@H]1C[C@@H]2CC[C@@]1(C)C2(C)C.CCCCC(CC)COC(=O)CS. The van der Waals surface area contributed by atoms with E-state index in [1.165, 1.54) is 39.7 Å². The minimum Gasteiger partial charge on any atom is -0.478 e. The molecule has 0 radical (unpaired) electrons. The minimum atomic E-state index is -0.935. The van der Waals surface area contributed by atoms with Crippen molar-refractivity contribution in [1.82, 2.24) is 0 Å². The van der Waals surface area contributed by atoms with Gasteiger partial charge in [-0.15, -0.1) is 0 Å². The molecule has 52 heavy (non-hydrogen) atoms. The fourth-order valence-corrected chi connectivity index (χ4v) is 5.32. The van der Waals surface area contributed by atoms with Gasteiger partial charge in [0.15, 0.2) is 0 Å². The highest BCUT2D eigenvalue weighted by Crippen LogP contribution is 2.66. The summed E-state index contributed by atoms with van der Waals surface area (Å²) in [5.74, 6) is -0.200. The summed E-state index contributed by atoms with van der Waals surface area (Å²) in [5.41, 5.74) is 2.03. The van der Waals surface area contributed by atoms with Crippen molar-refractivity contribution in [2.24, 2.45) is 28.6 Å². The Labute approximate surface area is 320 Å². The van der Waals surface area contributed by atoms with Crippen molar-refractivity contribution in [1.29, 1.82) is 0 Å². The van der Waals surface area contributed by atoms with E-state index < -0.39 is 5.97 Å². The van der Waals surface area contributed by atoms with Crippen LogP contribution < -0.4 is 0 Å². The fraction of sp³-hybridized carbons (Fsp3) is 0.683. The summed E-state index contributed by atoms with van der Waals surface area (Å²) in [6.07, 6.45) is 8.25. The van der Waals surface area contributed by atoms with Gasteiger partial charge in [0.25, 0.3) is 0 Å². The second-order valence-electron chi connectivity index (χ2n) is 14.7. The van der Waals surface area contributed by atoms with Crippen LogP contribution in [0.4, 0.5) is 0 Å². The number of aliphatic carboxylic acids is 1. The summed E-state index contributed by atoms with van der Waals surface area (Å²) in [6.45, 7) is 36.3. The fourth-order valence-electron chi connectivity index (χ4n) is 5.23. The standard InChI is InChI=1S/C14H22O2.C10H20O2S.C8H14O2.C5H8O2.C4H6O2/c1-9(2)12(15)16-11-8-10-6-7-14(11,5)13(10,3)4;1-3-5-6-9(4-2)7-12-10(11)8-13;1-6(2)5-10-8(9)7(3)4;1-4(2)5(6)7-3;1-3(2)4(5)6/h10-11H,1,6-8H2,2-5H3;9,13H,3-8H2,1-2H3;6H,3,5H2,1-2,4H3;1H2,2-3H3;1H2,2H3,(H,5,6)/t10-,11-,14+;;;;/m0..../s1. The number of hydrogen-bond acceptors (Lipinski definition) is 10. The van der Waals surface area contributed by atoms with Crippen molar-refractivity contribution in [2.75, 3.05) is 26.1 Å². The van der Waals surface area contributed by atoms with Crippen LogP contribution in [0.3, 0.4) is 0 Å². The highest BCUT2D eigenvalue weighted by atomic mass is 32.1. The maximum Gasteiger partial charge on any atom is 0.333 e. The molecule has 0 amide bonds. The van der Waals surface area contributed by atoms with Crippen LogP contribution in [0.25, 0.3) is 0 Å². The zero-order valence-electron chi connectivity index (χ0n) is 34.3. The smallest absolute Gasteiger partial charge is 0.333 e. The molecule has 0 aromatic rings. The van der Waals surface area contributed by atoms with E-state index >= 15 is 0 Å². The van der Waals surface area contributed by atoms with Crippen molar-refractivity contribution >= 4 is 42.5 Å². The molecule has 0 aliphatic heterocycles. The Morgan fingerprint density at radius 3 is 1.62 bits per heavy atom. The first-order valence-electron chi connectivity index (χ1n) is 18.0. The third kappa shape index (κ3) is 21.2. The highest BCUT2D eigenvalue weighted by Gasteiger charge is 2.62. The van der Waals surface area contributed by atoms with Gasteiger partial charge in [-0.2, -0.15) is 12.6 Å². The Balaban J connectivity index is -0.000000606. The van der Waals surface area contributed by atoms with Gasteiger partial charge < -0.3 is 24.1 Å². The average Bonchev–Trinajstić information content (AvgIpc) is 3.41. The molecule has 1 unspecified atom stereocenters. The number of thiol groups is 1. The Hall–Kier alpha value is -3.34. The van der Waals surface area contributed by atoms with E-state index in [1.807, 2.05) is 13.8 Å². The highest BCUT2D eigenvalue weighted by molar-refractivity contribution is 7.81. The molecule has 11 heteroatoms. The third-order valence-electron chi connectivity index (χ3n) is 9.26. The molecule has 0 aromatic heterocycles. The lowest BCUT2D eigenvalue weighted by atomic mass is 9.70. The van der Waals surface area contributed by atoms with E-state index in [4.69, 9.17) is 19.3 Å². The summed E-state index contributed by atoms with van der Waals surface area (Å²) in [6, 6.07) is 0. The summed E-state index contributed by atoms with van der Waals surface area (Å²) in [5, 5.41) is 7.89. The largest absolute Gasteiger partial charge is 0.478 e. The molecule has 0 aromatic carbocycles. The molecule has 2 aliphatic rings. The molecule has 0 saturated heterocycles. The van der Waals surface area contributed by atoms with Crippen molar-refractivity contribution in [2.45, 2.75) is 127 Å². The Bertz CT molecular complexity index is 1190. The molecule has 10 nitrogen and oxygen atoms in total. The second-order valence-corrected chi connectivity index (χ2v) is 15.0. The zero-order chi connectivity index (χ0) is 41.4. The van der Waals surface area contributed by atoms with Crippen molar-refractivity contribution < 1.29 is 48.0 Å². The molecule has 0 heterocycles. The van der Waals surface area contributed by atoms with Crippen molar-refractivity contribution in [3.05, 3.63) is 48.6 Å². The lowest BCUT2D eigenvalue weighted by molar-refractivity contribution is -0.152. The van der Waals surface area contributed by atoms with Crippen LogP contribution in [0, 0.1) is 28.6 Å². The first-order valence-corrected chi connectivity index (χ1v) is 18.6. The maximum absolute atomic E-state index is 11.6. The molecular weight excluding hydrogens is 685 g/mol. The number of unbranched alkanes of at least 4 members (excludes halogenated alkanes) is 1. The van der Waals surface area contributed by atoms with E-state index in [2.05, 4.69) is 78.3 Å². The van der Waals surface area contributed by atoms with Crippen LogP contribution >= 0.6 is 12.6 Å². The van der Waals surface area contributed by atoms with Crippen LogP contribution in [-0.2, 0) is 42.9 Å². The summed E-state index contributed by atoms with van der Waals surface area (Å²) in [4.78, 5) is 52.9. The van der Waals surface area contributed by atoms with Gasteiger partial charge >= 0.3 is 29.8 Å². The predicted octanol–water partition coefficient (Wildman–Crippen LogP) is 9.14. The minimum absolute atomic E-state index is 0.0884. The van der Waals surface area contributed by atoms with Gasteiger partial charge in [-0.25, -0.2) is 19.2 Å². The first-order chi connectivity index (χ1) is 23.9. The predicted molar refractivity (Wildman–Crippen MR) is 212 cm³/mol. The molecule has 2 rings (SSSR count). The lowest BCUT2D eigenvalue weighted by Crippen LogP contribution is -2.38. The van der Waals surface area contributed by atoms with Crippen molar-refractivity contribution in [3.8, 4) is 0 Å². The number of esters is 4. The van der Waals surface area contributed by atoms with Crippen LogP contribution in [0.5, 0.6) is 0 Å². The van der Waals surface area contributed by atoms with Crippen LogP contribution in [-0.4, -0.2) is 67.1 Å². The molecule has 0 spiro atoms.